The molecule has 1 saturated carbocycles. The lowest BCUT2D eigenvalue weighted by Crippen LogP contribution is -2.35. The van der Waals surface area contributed by atoms with Crippen LogP contribution >= 0.6 is 0 Å². The average molecular weight is 264 g/mol. The van der Waals surface area contributed by atoms with Gasteiger partial charge in [-0.05, 0) is 32.3 Å². The minimum absolute atomic E-state index is 0.00535. The predicted octanol–water partition coefficient (Wildman–Crippen LogP) is 2.47. The van der Waals surface area contributed by atoms with E-state index in [0.717, 1.165) is 19.3 Å². The molecule has 1 aromatic rings. The van der Waals surface area contributed by atoms with E-state index in [-0.39, 0.29) is 29.7 Å². The molecule has 0 aromatic heterocycles. The quantitative estimate of drug-likeness (QED) is 0.911. The van der Waals surface area contributed by atoms with Crippen molar-refractivity contribution < 1.29 is 9.18 Å². The van der Waals surface area contributed by atoms with Crippen molar-refractivity contribution in [1.29, 1.82) is 0 Å². The van der Waals surface area contributed by atoms with Crippen LogP contribution in [0.1, 0.15) is 37.8 Å². The van der Waals surface area contributed by atoms with Crippen molar-refractivity contribution in [2.24, 2.45) is 11.7 Å². The van der Waals surface area contributed by atoms with Gasteiger partial charge in [-0.3, -0.25) is 4.79 Å². The second-order valence-electron chi connectivity index (χ2n) is 5.42. The van der Waals surface area contributed by atoms with Gasteiger partial charge in [-0.1, -0.05) is 18.2 Å². The predicted molar refractivity (Wildman–Crippen MR) is 72.9 cm³/mol. The van der Waals surface area contributed by atoms with E-state index in [4.69, 9.17) is 5.73 Å². The molecule has 2 rings (SSSR count). The van der Waals surface area contributed by atoms with E-state index in [2.05, 4.69) is 0 Å². The topological polar surface area (TPSA) is 46.3 Å². The van der Waals surface area contributed by atoms with E-state index in [1.165, 1.54) is 6.07 Å². The molecule has 0 bridgehead atoms. The second kappa shape index (κ2) is 5.70. The third-order valence-corrected chi connectivity index (χ3v) is 4.11. The molecule has 0 aliphatic heterocycles. The Morgan fingerprint density at radius 1 is 1.42 bits per heavy atom. The van der Waals surface area contributed by atoms with Crippen LogP contribution in [0.25, 0.3) is 0 Å². The molecule has 19 heavy (non-hydrogen) atoms. The zero-order chi connectivity index (χ0) is 14.0. The normalized spacial score (nSPS) is 24.2. The number of rotatable bonds is 3. The molecular weight excluding hydrogens is 243 g/mol. The van der Waals surface area contributed by atoms with Gasteiger partial charge in [0, 0.05) is 24.6 Å². The number of amides is 1. The first-order chi connectivity index (χ1) is 9.00. The van der Waals surface area contributed by atoms with Crippen molar-refractivity contribution in [2.75, 3.05) is 7.05 Å². The molecule has 1 aliphatic carbocycles. The number of nitrogens with two attached hydrogens (primary N) is 1. The van der Waals surface area contributed by atoms with E-state index in [0.29, 0.717) is 5.56 Å². The molecular formula is C15H21FN2O. The first-order valence-electron chi connectivity index (χ1n) is 6.77. The zero-order valence-corrected chi connectivity index (χ0v) is 11.5. The smallest absolute Gasteiger partial charge is 0.225 e. The summed E-state index contributed by atoms with van der Waals surface area (Å²) in [6.07, 6.45) is 2.49. The van der Waals surface area contributed by atoms with Crippen LogP contribution in [0.4, 0.5) is 4.39 Å². The molecule has 0 saturated heterocycles. The fourth-order valence-corrected chi connectivity index (χ4v) is 2.74. The van der Waals surface area contributed by atoms with Crippen molar-refractivity contribution in [3.8, 4) is 0 Å². The maximum Gasteiger partial charge on any atom is 0.225 e. The summed E-state index contributed by atoms with van der Waals surface area (Å²) in [5.41, 5.74) is 6.40. The number of benzene rings is 1. The summed E-state index contributed by atoms with van der Waals surface area (Å²) in [7, 11) is 1.74. The standard InChI is InChI=1S/C15H21FN2O/c1-10(13-5-3-4-6-14(13)16)18(2)15(19)11-7-8-12(17)9-11/h3-6,10-12H,7-9,17H2,1-2H3/t10-,11+,12-/m1/s1. The molecule has 0 unspecified atom stereocenters. The highest BCUT2D eigenvalue weighted by atomic mass is 19.1. The van der Waals surface area contributed by atoms with Crippen LogP contribution in [0.5, 0.6) is 0 Å². The molecule has 3 nitrogen and oxygen atoms in total. The average Bonchev–Trinajstić information content (AvgIpc) is 2.83. The monoisotopic (exact) mass is 264 g/mol. The molecule has 0 heterocycles. The lowest BCUT2D eigenvalue weighted by molar-refractivity contribution is -0.136. The van der Waals surface area contributed by atoms with Crippen LogP contribution in [-0.4, -0.2) is 23.9 Å². The molecule has 1 aromatic carbocycles. The summed E-state index contributed by atoms with van der Waals surface area (Å²) >= 11 is 0. The minimum atomic E-state index is -0.266. The summed E-state index contributed by atoms with van der Waals surface area (Å²) in [6.45, 7) is 1.85. The van der Waals surface area contributed by atoms with Gasteiger partial charge in [0.05, 0.1) is 6.04 Å². The molecule has 1 amide bonds. The Kier molecular flexibility index (Phi) is 4.20. The third kappa shape index (κ3) is 2.95. The molecule has 2 N–H and O–H groups in total. The number of hydrogen-bond acceptors (Lipinski definition) is 2. The van der Waals surface area contributed by atoms with Gasteiger partial charge in [0.15, 0.2) is 0 Å². The van der Waals surface area contributed by atoms with Gasteiger partial charge in [-0.2, -0.15) is 0 Å². The van der Waals surface area contributed by atoms with Gasteiger partial charge in [-0.25, -0.2) is 4.39 Å². The Balaban J connectivity index is 2.09. The minimum Gasteiger partial charge on any atom is -0.339 e. The molecule has 104 valence electrons. The Hall–Kier alpha value is -1.42. The number of halogens is 1. The summed E-state index contributed by atoms with van der Waals surface area (Å²) in [6, 6.07) is 6.47. The molecule has 4 heteroatoms. The highest BCUT2D eigenvalue weighted by molar-refractivity contribution is 5.79. The summed E-state index contributed by atoms with van der Waals surface area (Å²) in [4.78, 5) is 14.0. The Morgan fingerprint density at radius 2 is 2.11 bits per heavy atom. The largest absolute Gasteiger partial charge is 0.339 e. The van der Waals surface area contributed by atoms with E-state index < -0.39 is 0 Å². The first kappa shape index (κ1) is 14.0. The van der Waals surface area contributed by atoms with Gasteiger partial charge < -0.3 is 10.6 Å². The van der Waals surface area contributed by atoms with E-state index in [1.807, 2.05) is 6.92 Å². The van der Waals surface area contributed by atoms with E-state index in [9.17, 15) is 9.18 Å². The first-order valence-corrected chi connectivity index (χ1v) is 6.77. The molecule has 0 spiro atoms. The van der Waals surface area contributed by atoms with Gasteiger partial charge in [-0.15, -0.1) is 0 Å². The van der Waals surface area contributed by atoms with Crippen molar-refractivity contribution in [3.63, 3.8) is 0 Å². The highest BCUT2D eigenvalue weighted by Gasteiger charge is 2.31. The van der Waals surface area contributed by atoms with Crippen LogP contribution in [0.3, 0.4) is 0 Å². The number of nitrogens with zero attached hydrogens (tertiary/aromatic N) is 1. The maximum absolute atomic E-state index is 13.7. The summed E-state index contributed by atoms with van der Waals surface area (Å²) in [5, 5.41) is 0. The molecule has 3 atom stereocenters. The second-order valence-corrected chi connectivity index (χ2v) is 5.42. The van der Waals surface area contributed by atoms with Crippen molar-refractivity contribution in [3.05, 3.63) is 35.6 Å². The summed E-state index contributed by atoms with van der Waals surface area (Å²) in [5.74, 6) is -0.198. The van der Waals surface area contributed by atoms with Crippen molar-refractivity contribution in [1.82, 2.24) is 4.90 Å². The number of carbonyl (C=O) groups excluding carboxylic acids is 1. The number of hydrogen-bond donors (Lipinski definition) is 1. The third-order valence-electron chi connectivity index (χ3n) is 4.11. The van der Waals surface area contributed by atoms with Gasteiger partial charge >= 0.3 is 0 Å². The van der Waals surface area contributed by atoms with Crippen LogP contribution in [0.2, 0.25) is 0 Å². The Morgan fingerprint density at radius 3 is 2.68 bits per heavy atom. The lowest BCUT2D eigenvalue weighted by atomic mass is 10.0. The van der Waals surface area contributed by atoms with Crippen LogP contribution < -0.4 is 5.73 Å². The summed E-state index contributed by atoms with van der Waals surface area (Å²) < 4.78 is 13.7. The van der Waals surface area contributed by atoms with Gasteiger partial charge in [0.2, 0.25) is 5.91 Å². The lowest BCUT2D eigenvalue weighted by Gasteiger charge is -2.28. The van der Waals surface area contributed by atoms with Gasteiger partial charge in [0.25, 0.3) is 0 Å². The molecule has 0 radical (unpaired) electrons. The van der Waals surface area contributed by atoms with Crippen LogP contribution in [-0.2, 0) is 4.79 Å². The fraction of sp³-hybridized carbons (Fsp3) is 0.533. The molecule has 1 fully saturated rings. The fourth-order valence-electron chi connectivity index (χ4n) is 2.74. The Labute approximate surface area is 113 Å². The van der Waals surface area contributed by atoms with E-state index >= 15 is 0 Å². The highest BCUT2D eigenvalue weighted by Crippen LogP contribution is 2.29. The maximum atomic E-state index is 13.7. The van der Waals surface area contributed by atoms with Crippen LogP contribution in [0.15, 0.2) is 24.3 Å². The Bertz CT molecular complexity index is 463. The van der Waals surface area contributed by atoms with Crippen molar-refractivity contribution >= 4 is 5.91 Å². The van der Waals surface area contributed by atoms with Gasteiger partial charge in [0.1, 0.15) is 5.82 Å². The van der Waals surface area contributed by atoms with Crippen molar-refractivity contribution in [2.45, 2.75) is 38.3 Å². The zero-order valence-electron chi connectivity index (χ0n) is 11.5. The number of carbonyl (C=O) groups is 1. The SMILES string of the molecule is C[C@H](c1ccccc1F)N(C)C(=O)[C@H]1CC[C@@H](N)C1. The van der Waals surface area contributed by atoms with Crippen LogP contribution in [0, 0.1) is 11.7 Å². The molecule has 1 aliphatic rings. The van der Waals surface area contributed by atoms with E-state index in [1.54, 1.807) is 30.1 Å².